The Kier molecular flexibility index (Phi) is 5.85. The highest BCUT2D eigenvalue weighted by atomic mass is 16.4. The molecule has 0 saturated carbocycles. The summed E-state index contributed by atoms with van der Waals surface area (Å²) in [7, 11) is 0. The lowest BCUT2D eigenvalue weighted by atomic mass is 10.0. The van der Waals surface area contributed by atoms with Crippen LogP contribution in [0.3, 0.4) is 0 Å². The van der Waals surface area contributed by atoms with Crippen LogP contribution in [0.15, 0.2) is 36.9 Å². The van der Waals surface area contributed by atoms with Gasteiger partial charge in [0.2, 0.25) is 0 Å². The van der Waals surface area contributed by atoms with Crippen molar-refractivity contribution in [2.24, 2.45) is 5.92 Å². The van der Waals surface area contributed by atoms with Crippen LogP contribution in [0.4, 0.5) is 0 Å². The van der Waals surface area contributed by atoms with E-state index in [2.05, 4.69) is 15.4 Å². The third kappa shape index (κ3) is 4.64. The second-order valence-electron chi connectivity index (χ2n) is 5.28. The van der Waals surface area contributed by atoms with Crippen LogP contribution in [0.25, 0.3) is 0 Å². The van der Waals surface area contributed by atoms with Gasteiger partial charge in [-0.1, -0.05) is 31.5 Å². The van der Waals surface area contributed by atoms with Gasteiger partial charge in [-0.15, -0.1) is 0 Å². The Hall–Kier alpha value is -2.70. The predicted octanol–water partition coefficient (Wildman–Crippen LogP) is 1.56. The number of hydrogen-bond donors (Lipinski definition) is 2. The van der Waals surface area contributed by atoms with Gasteiger partial charge in [0.15, 0.2) is 0 Å². The monoisotopic (exact) mass is 316 g/mol. The molecule has 7 heteroatoms. The second kappa shape index (κ2) is 8.07. The molecule has 1 atom stereocenters. The van der Waals surface area contributed by atoms with Crippen molar-refractivity contribution in [1.82, 2.24) is 20.1 Å². The molecule has 2 N–H and O–H groups in total. The van der Waals surface area contributed by atoms with Gasteiger partial charge >= 0.3 is 5.97 Å². The standard InChI is InChI=1S/C16H20N4O3/c1-2-5-12(16(22)23)8-18-15(21)14-7-4-3-6-13(14)9-20-11-17-10-19-20/h3-4,6-7,10-12H,2,5,8-9H2,1H3,(H,18,21)(H,22,23). The van der Waals surface area contributed by atoms with Crippen LogP contribution in [-0.2, 0) is 11.3 Å². The number of amides is 1. The molecule has 2 aromatic rings. The lowest BCUT2D eigenvalue weighted by Crippen LogP contribution is -2.33. The molecule has 7 nitrogen and oxygen atoms in total. The number of aliphatic carboxylic acids is 1. The molecule has 122 valence electrons. The number of nitrogens with one attached hydrogen (secondary N) is 1. The van der Waals surface area contributed by atoms with Crippen molar-refractivity contribution >= 4 is 11.9 Å². The fourth-order valence-corrected chi connectivity index (χ4v) is 2.34. The summed E-state index contributed by atoms with van der Waals surface area (Å²) in [6, 6.07) is 7.19. The molecule has 0 radical (unpaired) electrons. The third-order valence-electron chi connectivity index (χ3n) is 3.56. The Balaban J connectivity index is 2.05. The van der Waals surface area contributed by atoms with E-state index in [0.717, 1.165) is 12.0 Å². The molecule has 2 rings (SSSR count). The summed E-state index contributed by atoms with van der Waals surface area (Å²) in [4.78, 5) is 27.4. The van der Waals surface area contributed by atoms with Gasteiger partial charge in [0.1, 0.15) is 12.7 Å². The maximum atomic E-state index is 12.4. The Morgan fingerprint density at radius 1 is 1.35 bits per heavy atom. The zero-order valence-electron chi connectivity index (χ0n) is 13.0. The highest BCUT2D eigenvalue weighted by Gasteiger charge is 2.18. The summed E-state index contributed by atoms with van der Waals surface area (Å²) in [5.41, 5.74) is 1.32. The zero-order chi connectivity index (χ0) is 16.7. The highest BCUT2D eigenvalue weighted by Crippen LogP contribution is 2.11. The average Bonchev–Trinajstić information content (AvgIpc) is 3.04. The number of carboxylic acid groups (broad SMARTS) is 1. The van der Waals surface area contributed by atoms with Gasteiger partial charge in [-0.3, -0.25) is 9.59 Å². The molecule has 0 aliphatic carbocycles. The maximum absolute atomic E-state index is 12.4. The van der Waals surface area contributed by atoms with Gasteiger partial charge < -0.3 is 10.4 Å². The summed E-state index contributed by atoms with van der Waals surface area (Å²) >= 11 is 0. The second-order valence-corrected chi connectivity index (χ2v) is 5.28. The fraction of sp³-hybridized carbons (Fsp3) is 0.375. The molecule has 0 aliphatic rings. The Bertz CT molecular complexity index is 655. The van der Waals surface area contributed by atoms with E-state index >= 15 is 0 Å². The summed E-state index contributed by atoms with van der Waals surface area (Å²) in [5.74, 6) is -1.72. The van der Waals surface area contributed by atoms with E-state index < -0.39 is 11.9 Å². The first-order valence-electron chi connectivity index (χ1n) is 7.53. The number of hydrogen-bond acceptors (Lipinski definition) is 4. The van der Waals surface area contributed by atoms with Crippen molar-refractivity contribution in [3.8, 4) is 0 Å². The smallest absolute Gasteiger partial charge is 0.308 e. The molecule has 1 amide bonds. The van der Waals surface area contributed by atoms with Crippen LogP contribution in [0.1, 0.15) is 35.7 Å². The molecule has 1 aromatic heterocycles. The van der Waals surface area contributed by atoms with E-state index in [0.29, 0.717) is 18.5 Å². The highest BCUT2D eigenvalue weighted by molar-refractivity contribution is 5.95. The lowest BCUT2D eigenvalue weighted by molar-refractivity contribution is -0.141. The number of benzene rings is 1. The van der Waals surface area contributed by atoms with E-state index in [1.54, 1.807) is 23.1 Å². The Morgan fingerprint density at radius 3 is 2.78 bits per heavy atom. The fourth-order valence-electron chi connectivity index (χ4n) is 2.34. The topological polar surface area (TPSA) is 97.1 Å². The van der Waals surface area contributed by atoms with Gasteiger partial charge in [0.05, 0.1) is 12.5 Å². The molecule has 1 aromatic carbocycles. The van der Waals surface area contributed by atoms with E-state index in [-0.39, 0.29) is 12.5 Å². The van der Waals surface area contributed by atoms with Crippen molar-refractivity contribution in [2.45, 2.75) is 26.3 Å². The molecule has 1 unspecified atom stereocenters. The van der Waals surface area contributed by atoms with E-state index in [4.69, 9.17) is 5.11 Å². The number of nitrogens with zero attached hydrogens (tertiary/aromatic N) is 3. The van der Waals surface area contributed by atoms with Gasteiger partial charge in [-0.2, -0.15) is 5.10 Å². The normalized spacial score (nSPS) is 11.9. The summed E-state index contributed by atoms with van der Waals surface area (Å²) in [6.45, 7) is 2.48. The molecule has 0 bridgehead atoms. The number of carbonyl (C=O) groups is 2. The van der Waals surface area contributed by atoms with Crippen molar-refractivity contribution in [2.75, 3.05) is 6.54 Å². The summed E-state index contributed by atoms with van der Waals surface area (Å²) in [6.07, 6.45) is 4.31. The summed E-state index contributed by atoms with van der Waals surface area (Å²) in [5, 5.41) is 15.9. The Labute approximate surface area is 134 Å². The average molecular weight is 316 g/mol. The minimum atomic E-state index is -0.886. The van der Waals surface area contributed by atoms with Crippen molar-refractivity contribution in [3.05, 3.63) is 48.0 Å². The predicted molar refractivity (Wildman–Crippen MR) is 83.9 cm³/mol. The van der Waals surface area contributed by atoms with Gasteiger partial charge in [-0.05, 0) is 18.1 Å². The minimum Gasteiger partial charge on any atom is -0.481 e. The lowest BCUT2D eigenvalue weighted by Gasteiger charge is -2.14. The third-order valence-corrected chi connectivity index (χ3v) is 3.56. The van der Waals surface area contributed by atoms with Crippen LogP contribution in [-0.4, -0.2) is 38.3 Å². The van der Waals surface area contributed by atoms with Gasteiger partial charge in [-0.25, -0.2) is 9.67 Å². The molecular weight excluding hydrogens is 296 g/mol. The molecule has 0 spiro atoms. The van der Waals surface area contributed by atoms with Crippen LogP contribution in [0, 0.1) is 5.92 Å². The molecular formula is C16H20N4O3. The van der Waals surface area contributed by atoms with E-state index in [9.17, 15) is 9.59 Å². The molecule has 23 heavy (non-hydrogen) atoms. The SMILES string of the molecule is CCCC(CNC(=O)c1ccccc1Cn1cncn1)C(=O)O. The first-order chi connectivity index (χ1) is 11.1. The molecule has 0 fully saturated rings. The van der Waals surface area contributed by atoms with Gasteiger partial charge in [0.25, 0.3) is 5.91 Å². The minimum absolute atomic E-state index is 0.125. The Morgan fingerprint density at radius 2 is 2.13 bits per heavy atom. The molecule has 0 aliphatic heterocycles. The van der Waals surface area contributed by atoms with Crippen molar-refractivity contribution < 1.29 is 14.7 Å². The quantitative estimate of drug-likeness (QED) is 0.770. The van der Waals surface area contributed by atoms with Crippen LogP contribution in [0.5, 0.6) is 0 Å². The first kappa shape index (κ1) is 16.7. The summed E-state index contributed by atoms with van der Waals surface area (Å²) < 4.78 is 1.63. The number of aromatic nitrogens is 3. The number of rotatable bonds is 8. The maximum Gasteiger partial charge on any atom is 0.308 e. The van der Waals surface area contributed by atoms with E-state index in [1.165, 1.54) is 6.33 Å². The van der Waals surface area contributed by atoms with Gasteiger partial charge in [0, 0.05) is 12.1 Å². The van der Waals surface area contributed by atoms with Crippen molar-refractivity contribution in [3.63, 3.8) is 0 Å². The molecule has 0 saturated heterocycles. The molecule has 1 heterocycles. The van der Waals surface area contributed by atoms with E-state index in [1.807, 2.05) is 19.1 Å². The number of carbonyl (C=O) groups excluding carboxylic acids is 1. The van der Waals surface area contributed by atoms with Crippen LogP contribution < -0.4 is 5.32 Å². The van der Waals surface area contributed by atoms with Crippen LogP contribution >= 0.6 is 0 Å². The largest absolute Gasteiger partial charge is 0.481 e. The van der Waals surface area contributed by atoms with Crippen LogP contribution in [0.2, 0.25) is 0 Å². The zero-order valence-corrected chi connectivity index (χ0v) is 13.0. The first-order valence-corrected chi connectivity index (χ1v) is 7.53. The van der Waals surface area contributed by atoms with Crippen molar-refractivity contribution in [1.29, 1.82) is 0 Å². The number of carboxylic acids is 1.